The van der Waals surface area contributed by atoms with Gasteiger partial charge in [0.25, 0.3) is 11.8 Å². The van der Waals surface area contributed by atoms with Gasteiger partial charge in [-0.05, 0) is 42.7 Å². The molecule has 2 rings (SSSR count). The van der Waals surface area contributed by atoms with Crippen molar-refractivity contribution in [1.82, 2.24) is 5.32 Å². The molecule has 6 nitrogen and oxygen atoms in total. The van der Waals surface area contributed by atoms with Gasteiger partial charge < -0.3 is 20.1 Å². The maximum absolute atomic E-state index is 12.8. The Morgan fingerprint density at radius 2 is 1.78 bits per heavy atom. The molecular formula is C22H24ClF3N2O4. The molecule has 2 amide bonds. The van der Waals surface area contributed by atoms with Gasteiger partial charge in [-0.25, -0.2) is 0 Å². The van der Waals surface area contributed by atoms with Crippen LogP contribution in [0.25, 0.3) is 0 Å². The molecule has 2 aromatic rings. The molecule has 0 aliphatic rings. The second-order valence-electron chi connectivity index (χ2n) is 7.48. The molecule has 2 aromatic carbocycles. The molecule has 0 spiro atoms. The van der Waals surface area contributed by atoms with Crippen LogP contribution in [0, 0.1) is 12.8 Å². The van der Waals surface area contributed by atoms with Crippen LogP contribution in [0.2, 0.25) is 5.02 Å². The summed E-state index contributed by atoms with van der Waals surface area (Å²) < 4.78 is 48.0. The average molecular weight is 473 g/mol. The van der Waals surface area contributed by atoms with Gasteiger partial charge in [0.2, 0.25) is 0 Å². The zero-order chi connectivity index (χ0) is 24.1. The smallest absolute Gasteiger partial charge is 0.405 e. The Hall–Kier alpha value is -2.94. The van der Waals surface area contributed by atoms with Crippen LogP contribution in [0.1, 0.15) is 40.1 Å². The molecule has 2 N–H and O–H groups in total. The summed E-state index contributed by atoms with van der Waals surface area (Å²) in [6.45, 7) is 4.59. The van der Waals surface area contributed by atoms with Gasteiger partial charge in [0.05, 0.1) is 18.7 Å². The Morgan fingerprint density at radius 1 is 1.09 bits per heavy atom. The number of halogens is 4. The van der Waals surface area contributed by atoms with Crippen LogP contribution in [0.5, 0.6) is 11.5 Å². The number of rotatable bonds is 8. The standard InChI is InChI=1S/C22H24ClF3N2O4/c1-12(2)10-32-19-16(23)7-15(9-18(19)31-4)21(30)28-17-8-14(6-5-13(17)3)20(29)27-11-22(24,25)26/h5-9,12H,10-11H2,1-4H3,(H,27,29)(H,28,30). The number of carbonyl (C=O) groups excluding carboxylic acids is 2. The van der Waals surface area contributed by atoms with Crippen molar-refractivity contribution in [3.63, 3.8) is 0 Å². The summed E-state index contributed by atoms with van der Waals surface area (Å²) in [7, 11) is 1.42. The van der Waals surface area contributed by atoms with Crippen molar-refractivity contribution in [1.29, 1.82) is 0 Å². The van der Waals surface area contributed by atoms with E-state index in [4.69, 9.17) is 21.1 Å². The van der Waals surface area contributed by atoms with Gasteiger partial charge in [0.15, 0.2) is 11.5 Å². The topological polar surface area (TPSA) is 76.7 Å². The van der Waals surface area contributed by atoms with Gasteiger partial charge in [0.1, 0.15) is 6.54 Å². The Kier molecular flexibility index (Phi) is 8.38. The molecule has 0 saturated heterocycles. The lowest BCUT2D eigenvalue weighted by Gasteiger charge is -2.16. The highest BCUT2D eigenvalue weighted by molar-refractivity contribution is 6.32. The number of methoxy groups -OCH3 is 1. The van der Waals surface area contributed by atoms with Crippen molar-refractivity contribution in [2.24, 2.45) is 5.92 Å². The Morgan fingerprint density at radius 3 is 2.38 bits per heavy atom. The number of anilines is 1. The van der Waals surface area contributed by atoms with Crippen molar-refractivity contribution in [3.05, 3.63) is 52.0 Å². The molecule has 0 aromatic heterocycles. The highest BCUT2D eigenvalue weighted by Gasteiger charge is 2.28. The van der Waals surface area contributed by atoms with E-state index in [1.807, 2.05) is 13.8 Å². The summed E-state index contributed by atoms with van der Waals surface area (Å²) in [4.78, 5) is 24.8. The molecule has 0 saturated carbocycles. The van der Waals surface area contributed by atoms with E-state index in [0.717, 1.165) is 0 Å². The fourth-order valence-electron chi connectivity index (χ4n) is 2.62. The first-order chi connectivity index (χ1) is 14.9. The second kappa shape index (κ2) is 10.6. The summed E-state index contributed by atoms with van der Waals surface area (Å²) in [6, 6.07) is 7.08. The van der Waals surface area contributed by atoms with Crippen LogP contribution < -0.4 is 20.1 Å². The molecule has 0 fully saturated rings. The van der Waals surface area contributed by atoms with E-state index in [1.165, 1.54) is 37.4 Å². The SMILES string of the molecule is COc1cc(C(=O)Nc2cc(C(=O)NCC(F)(F)F)ccc2C)cc(Cl)c1OCC(C)C. The Balaban J connectivity index is 2.23. The summed E-state index contributed by atoms with van der Waals surface area (Å²) >= 11 is 6.28. The Labute approximate surface area is 189 Å². The minimum Gasteiger partial charge on any atom is -0.493 e. The fourth-order valence-corrected chi connectivity index (χ4v) is 2.88. The van der Waals surface area contributed by atoms with Crippen LogP contribution in [0.3, 0.4) is 0 Å². The van der Waals surface area contributed by atoms with Crippen molar-refractivity contribution >= 4 is 29.1 Å². The number of benzene rings is 2. The van der Waals surface area contributed by atoms with Crippen LogP contribution in [-0.4, -0.2) is 38.3 Å². The van der Waals surface area contributed by atoms with Crippen LogP contribution >= 0.6 is 11.6 Å². The lowest BCUT2D eigenvalue weighted by Crippen LogP contribution is -2.33. The van der Waals surface area contributed by atoms with E-state index >= 15 is 0 Å². The van der Waals surface area contributed by atoms with Gasteiger partial charge in [-0.3, -0.25) is 9.59 Å². The third kappa shape index (κ3) is 7.05. The average Bonchev–Trinajstić information content (AvgIpc) is 2.71. The largest absolute Gasteiger partial charge is 0.493 e. The summed E-state index contributed by atoms with van der Waals surface area (Å²) in [5, 5.41) is 4.63. The minimum atomic E-state index is -4.53. The predicted molar refractivity (Wildman–Crippen MR) is 116 cm³/mol. The minimum absolute atomic E-state index is 0.0248. The molecule has 0 atom stereocenters. The van der Waals surface area contributed by atoms with Crippen molar-refractivity contribution in [3.8, 4) is 11.5 Å². The molecule has 174 valence electrons. The van der Waals surface area contributed by atoms with Gasteiger partial charge in [0, 0.05) is 16.8 Å². The van der Waals surface area contributed by atoms with E-state index in [0.29, 0.717) is 17.9 Å². The Bertz CT molecular complexity index is 994. The number of nitrogens with one attached hydrogen (secondary N) is 2. The lowest BCUT2D eigenvalue weighted by atomic mass is 10.1. The maximum atomic E-state index is 12.8. The van der Waals surface area contributed by atoms with Crippen LogP contribution in [0.15, 0.2) is 30.3 Å². The zero-order valence-corrected chi connectivity index (χ0v) is 18.8. The van der Waals surface area contributed by atoms with E-state index < -0.39 is 24.5 Å². The van der Waals surface area contributed by atoms with Crippen LogP contribution in [0.4, 0.5) is 18.9 Å². The molecule has 10 heteroatoms. The third-order valence-corrected chi connectivity index (χ3v) is 4.53. The first-order valence-corrected chi connectivity index (χ1v) is 10.1. The fraction of sp³-hybridized carbons (Fsp3) is 0.364. The number of hydrogen-bond acceptors (Lipinski definition) is 4. The number of alkyl halides is 3. The van der Waals surface area contributed by atoms with E-state index in [-0.39, 0.29) is 33.5 Å². The normalized spacial score (nSPS) is 11.3. The van der Waals surface area contributed by atoms with Gasteiger partial charge >= 0.3 is 6.18 Å². The summed E-state index contributed by atoms with van der Waals surface area (Å²) in [6.07, 6.45) is -4.53. The lowest BCUT2D eigenvalue weighted by molar-refractivity contribution is -0.123. The molecule has 0 radical (unpaired) electrons. The maximum Gasteiger partial charge on any atom is 0.405 e. The van der Waals surface area contributed by atoms with E-state index in [9.17, 15) is 22.8 Å². The quantitative estimate of drug-likeness (QED) is 0.551. The van der Waals surface area contributed by atoms with Gasteiger partial charge in [-0.1, -0.05) is 31.5 Å². The number of carbonyl (C=O) groups is 2. The molecular weight excluding hydrogens is 449 g/mol. The van der Waals surface area contributed by atoms with Crippen molar-refractivity contribution in [2.75, 3.05) is 25.6 Å². The molecule has 0 heterocycles. The molecule has 0 unspecified atom stereocenters. The number of hydrogen-bond donors (Lipinski definition) is 2. The highest BCUT2D eigenvalue weighted by atomic mass is 35.5. The number of amides is 2. The first kappa shape index (κ1) is 25.3. The van der Waals surface area contributed by atoms with E-state index in [1.54, 1.807) is 12.2 Å². The second-order valence-corrected chi connectivity index (χ2v) is 7.88. The summed E-state index contributed by atoms with van der Waals surface area (Å²) in [5.74, 6) is -0.604. The first-order valence-electron chi connectivity index (χ1n) is 9.68. The zero-order valence-electron chi connectivity index (χ0n) is 18.0. The van der Waals surface area contributed by atoms with Crippen molar-refractivity contribution in [2.45, 2.75) is 26.9 Å². The third-order valence-electron chi connectivity index (χ3n) is 4.25. The summed E-state index contributed by atoms with van der Waals surface area (Å²) in [5.41, 5.74) is 1.03. The monoisotopic (exact) mass is 472 g/mol. The number of aryl methyl sites for hydroxylation is 1. The highest BCUT2D eigenvalue weighted by Crippen LogP contribution is 2.37. The van der Waals surface area contributed by atoms with Gasteiger partial charge in [-0.2, -0.15) is 13.2 Å². The predicted octanol–water partition coefficient (Wildman–Crippen LogP) is 5.24. The van der Waals surface area contributed by atoms with Crippen LogP contribution in [-0.2, 0) is 0 Å². The molecule has 0 aliphatic carbocycles. The molecule has 0 aliphatic heterocycles. The molecule has 0 bridgehead atoms. The van der Waals surface area contributed by atoms with Crippen molar-refractivity contribution < 1.29 is 32.2 Å². The number of ether oxygens (including phenoxy) is 2. The van der Waals surface area contributed by atoms with E-state index in [2.05, 4.69) is 5.32 Å². The molecule has 32 heavy (non-hydrogen) atoms. The van der Waals surface area contributed by atoms with Gasteiger partial charge in [-0.15, -0.1) is 0 Å².